The zero-order chi connectivity index (χ0) is 23.5. The van der Waals surface area contributed by atoms with Crippen molar-refractivity contribution in [3.05, 3.63) is 88.5 Å². The van der Waals surface area contributed by atoms with Gasteiger partial charge in [-0.25, -0.2) is 4.90 Å². The van der Waals surface area contributed by atoms with E-state index in [1.807, 2.05) is 62.4 Å². The number of carbonyl (C=O) groups excluding carboxylic acids is 2. The minimum Gasteiger partial charge on any atom is -0.497 e. The molecule has 4 rings (SSSR count). The second-order valence-electron chi connectivity index (χ2n) is 7.60. The van der Waals surface area contributed by atoms with Crippen molar-refractivity contribution >= 4 is 35.0 Å². The standard InChI is InChI=1S/C26H24N2O4S/c1-16-12-17(2)14-18(13-16)28-25(29)23(24(26(28)30)33-20-8-6-5-7-9-20)27-21-15-19(31-3)10-11-22(21)32-4/h5-15,27H,1-4H3. The highest BCUT2D eigenvalue weighted by molar-refractivity contribution is 8.04. The van der Waals surface area contributed by atoms with Crippen molar-refractivity contribution in [2.24, 2.45) is 0 Å². The largest absolute Gasteiger partial charge is 0.497 e. The van der Waals surface area contributed by atoms with Crippen LogP contribution >= 0.6 is 11.8 Å². The summed E-state index contributed by atoms with van der Waals surface area (Å²) in [4.78, 5) is 29.5. The molecule has 2 amide bonds. The molecule has 1 heterocycles. The van der Waals surface area contributed by atoms with Gasteiger partial charge in [-0.05, 0) is 61.4 Å². The Morgan fingerprint density at radius 3 is 2.15 bits per heavy atom. The van der Waals surface area contributed by atoms with E-state index in [-0.39, 0.29) is 11.6 Å². The van der Waals surface area contributed by atoms with E-state index in [2.05, 4.69) is 5.32 Å². The molecule has 0 atom stereocenters. The number of hydrogen-bond acceptors (Lipinski definition) is 6. The van der Waals surface area contributed by atoms with Crippen molar-refractivity contribution in [1.29, 1.82) is 0 Å². The fourth-order valence-electron chi connectivity index (χ4n) is 3.68. The summed E-state index contributed by atoms with van der Waals surface area (Å²) < 4.78 is 10.8. The first-order valence-electron chi connectivity index (χ1n) is 10.3. The number of nitrogens with zero attached hydrogens (tertiary/aromatic N) is 1. The first-order valence-corrected chi connectivity index (χ1v) is 11.2. The molecule has 3 aromatic carbocycles. The molecule has 1 aliphatic heterocycles. The second kappa shape index (κ2) is 9.42. The first-order chi connectivity index (χ1) is 15.9. The highest BCUT2D eigenvalue weighted by Crippen LogP contribution is 2.40. The molecular formula is C26H24N2O4S. The van der Waals surface area contributed by atoms with Crippen LogP contribution in [0.25, 0.3) is 0 Å². The summed E-state index contributed by atoms with van der Waals surface area (Å²) in [5, 5.41) is 3.16. The van der Waals surface area contributed by atoms with Crippen molar-refractivity contribution in [1.82, 2.24) is 0 Å². The number of amides is 2. The minimum absolute atomic E-state index is 0.194. The molecule has 0 spiro atoms. The monoisotopic (exact) mass is 460 g/mol. The lowest BCUT2D eigenvalue weighted by atomic mass is 10.1. The van der Waals surface area contributed by atoms with Crippen LogP contribution in [-0.2, 0) is 9.59 Å². The van der Waals surface area contributed by atoms with E-state index in [0.29, 0.717) is 27.8 Å². The van der Waals surface area contributed by atoms with E-state index in [1.165, 1.54) is 16.7 Å². The van der Waals surface area contributed by atoms with Gasteiger partial charge in [0.2, 0.25) is 0 Å². The third kappa shape index (κ3) is 4.59. The van der Waals surface area contributed by atoms with E-state index >= 15 is 0 Å². The number of anilines is 2. The molecule has 3 aromatic rings. The van der Waals surface area contributed by atoms with Crippen molar-refractivity contribution in [3.8, 4) is 11.5 Å². The molecule has 1 N–H and O–H groups in total. The van der Waals surface area contributed by atoms with E-state index in [9.17, 15) is 9.59 Å². The van der Waals surface area contributed by atoms with Gasteiger partial charge in [0.05, 0.1) is 25.6 Å². The molecule has 33 heavy (non-hydrogen) atoms. The summed E-state index contributed by atoms with van der Waals surface area (Å²) in [7, 11) is 3.11. The summed E-state index contributed by atoms with van der Waals surface area (Å²) in [5.74, 6) is 0.327. The molecule has 0 radical (unpaired) electrons. The third-order valence-corrected chi connectivity index (χ3v) is 6.23. The van der Waals surface area contributed by atoms with Gasteiger partial charge in [0, 0.05) is 11.0 Å². The Kier molecular flexibility index (Phi) is 6.42. The fourth-order valence-corrected chi connectivity index (χ4v) is 4.63. The zero-order valence-corrected chi connectivity index (χ0v) is 19.7. The van der Waals surface area contributed by atoms with Gasteiger partial charge in [-0.2, -0.15) is 0 Å². The third-order valence-electron chi connectivity index (χ3n) is 5.14. The molecule has 0 fully saturated rings. The SMILES string of the molecule is COc1ccc(OC)c(NC2=C(Sc3ccccc3)C(=O)N(c3cc(C)cc(C)c3)C2=O)c1. The van der Waals surface area contributed by atoms with E-state index in [1.54, 1.807) is 32.4 Å². The molecule has 1 aliphatic rings. The number of rotatable bonds is 7. The van der Waals surface area contributed by atoms with Crippen LogP contribution in [-0.4, -0.2) is 26.0 Å². The Morgan fingerprint density at radius 2 is 1.52 bits per heavy atom. The number of methoxy groups -OCH3 is 2. The number of nitrogens with one attached hydrogen (secondary N) is 1. The number of ether oxygens (including phenoxy) is 2. The smallest absolute Gasteiger partial charge is 0.283 e. The molecular weight excluding hydrogens is 436 g/mol. The molecule has 0 saturated carbocycles. The van der Waals surface area contributed by atoms with Gasteiger partial charge in [0.25, 0.3) is 11.8 Å². The van der Waals surface area contributed by atoms with E-state index < -0.39 is 5.91 Å². The van der Waals surface area contributed by atoms with Gasteiger partial charge in [-0.1, -0.05) is 36.0 Å². The molecule has 0 aliphatic carbocycles. The maximum atomic E-state index is 13.6. The number of carbonyl (C=O) groups is 2. The lowest BCUT2D eigenvalue weighted by molar-refractivity contribution is -0.120. The maximum absolute atomic E-state index is 13.6. The Morgan fingerprint density at radius 1 is 0.818 bits per heavy atom. The van der Waals surface area contributed by atoms with Crippen LogP contribution in [0.4, 0.5) is 11.4 Å². The Bertz CT molecular complexity index is 1230. The Labute approximate surface area is 197 Å². The average Bonchev–Trinajstić information content (AvgIpc) is 3.03. The number of thioether (sulfide) groups is 1. The van der Waals surface area contributed by atoms with Crippen LogP contribution in [0.1, 0.15) is 11.1 Å². The second-order valence-corrected chi connectivity index (χ2v) is 8.69. The summed E-state index contributed by atoms with van der Waals surface area (Å²) in [6.45, 7) is 3.88. The van der Waals surface area contributed by atoms with Gasteiger partial charge in [0.1, 0.15) is 22.1 Å². The van der Waals surface area contributed by atoms with Crippen molar-refractivity contribution in [2.45, 2.75) is 18.7 Å². The zero-order valence-electron chi connectivity index (χ0n) is 18.8. The lowest BCUT2D eigenvalue weighted by Gasteiger charge is -2.17. The van der Waals surface area contributed by atoms with Crippen LogP contribution in [0.2, 0.25) is 0 Å². The molecule has 168 valence electrons. The topological polar surface area (TPSA) is 67.9 Å². The van der Waals surface area contributed by atoms with E-state index in [4.69, 9.17) is 9.47 Å². The summed E-state index contributed by atoms with van der Waals surface area (Å²) in [5.41, 5.74) is 3.21. The van der Waals surface area contributed by atoms with Gasteiger partial charge >= 0.3 is 0 Å². The van der Waals surface area contributed by atoms with Crippen LogP contribution in [0.5, 0.6) is 11.5 Å². The van der Waals surface area contributed by atoms with Gasteiger partial charge in [0.15, 0.2) is 0 Å². The Balaban J connectivity index is 1.80. The minimum atomic E-state index is -0.423. The van der Waals surface area contributed by atoms with Gasteiger partial charge in [-0.3, -0.25) is 9.59 Å². The van der Waals surface area contributed by atoms with E-state index in [0.717, 1.165) is 16.0 Å². The van der Waals surface area contributed by atoms with Gasteiger partial charge in [-0.15, -0.1) is 0 Å². The predicted molar refractivity (Wildman–Crippen MR) is 131 cm³/mol. The van der Waals surface area contributed by atoms with Crippen molar-refractivity contribution < 1.29 is 19.1 Å². The average molecular weight is 461 g/mol. The van der Waals surface area contributed by atoms with Crippen molar-refractivity contribution in [2.75, 3.05) is 24.4 Å². The number of aryl methyl sites for hydroxylation is 2. The molecule has 0 saturated heterocycles. The fraction of sp³-hybridized carbons (Fsp3) is 0.154. The van der Waals surface area contributed by atoms with Crippen LogP contribution in [0.15, 0.2) is 82.2 Å². The van der Waals surface area contributed by atoms with Gasteiger partial charge < -0.3 is 14.8 Å². The van der Waals surface area contributed by atoms with Crippen LogP contribution in [0, 0.1) is 13.8 Å². The van der Waals surface area contributed by atoms with Crippen LogP contribution < -0.4 is 19.7 Å². The molecule has 7 heteroatoms. The van der Waals surface area contributed by atoms with Crippen molar-refractivity contribution in [3.63, 3.8) is 0 Å². The highest BCUT2D eigenvalue weighted by Gasteiger charge is 2.40. The highest BCUT2D eigenvalue weighted by atomic mass is 32.2. The number of hydrogen-bond donors (Lipinski definition) is 1. The number of benzene rings is 3. The predicted octanol–water partition coefficient (Wildman–Crippen LogP) is 5.31. The molecule has 0 aromatic heterocycles. The molecule has 0 unspecified atom stereocenters. The summed E-state index contributed by atoms with van der Waals surface area (Å²) in [6, 6.07) is 20.4. The number of imide groups is 1. The lowest BCUT2D eigenvalue weighted by Crippen LogP contribution is -2.32. The Hall–Kier alpha value is -3.71. The maximum Gasteiger partial charge on any atom is 0.283 e. The first kappa shape index (κ1) is 22.5. The molecule has 0 bridgehead atoms. The molecule has 6 nitrogen and oxygen atoms in total. The van der Waals surface area contributed by atoms with Crippen LogP contribution in [0.3, 0.4) is 0 Å². The normalized spacial score (nSPS) is 13.5. The quantitative estimate of drug-likeness (QED) is 0.482. The summed E-state index contributed by atoms with van der Waals surface area (Å²) in [6.07, 6.45) is 0. The summed E-state index contributed by atoms with van der Waals surface area (Å²) >= 11 is 1.25.